The fourth-order valence-electron chi connectivity index (χ4n) is 3.26. The number of nitrogens with zero attached hydrogens (tertiary/aromatic N) is 3. The van der Waals surface area contributed by atoms with Crippen molar-refractivity contribution in [2.24, 2.45) is 0 Å². The predicted octanol–water partition coefficient (Wildman–Crippen LogP) is 4.72. The highest BCUT2D eigenvalue weighted by molar-refractivity contribution is 7.99. The lowest BCUT2D eigenvalue weighted by atomic mass is 10.2. The first-order chi connectivity index (χ1) is 15.7. The molecule has 1 saturated heterocycles. The van der Waals surface area contributed by atoms with Crippen LogP contribution in [0.2, 0.25) is 0 Å². The van der Waals surface area contributed by atoms with Gasteiger partial charge in [0.15, 0.2) is 0 Å². The van der Waals surface area contributed by atoms with Crippen molar-refractivity contribution in [3.05, 3.63) is 72.9 Å². The van der Waals surface area contributed by atoms with Crippen molar-refractivity contribution in [1.82, 2.24) is 9.97 Å². The van der Waals surface area contributed by atoms with Gasteiger partial charge in [-0.15, -0.1) is 0 Å². The number of ether oxygens (including phenoxy) is 1. The van der Waals surface area contributed by atoms with Crippen LogP contribution in [0.4, 0.5) is 23.0 Å². The first-order valence-corrected chi connectivity index (χ1v) is 11.3. The highest BCUT2D eigenvalue weighted by Crippen LogP contribution is 2.29. The number of benzene rings is 2. The van der Waals surface area contributed by atoms with Crippen LogP contribution < -0.4 is 15.5 Å². The average Bonchev–Trinajstić information content (AvgIpc) is 2.81. The van der Waals surface area contributed by atoms with Crippen LogP contribution in [0, 0.1) is 0 Å². The van der Waals surface area contributed by atoms with Crippen LogP contribution >= 0.6 is 11.8 Å². The molecule has 2 aromatic carbocycles. The smallest absolute Gasteiger partial charge is 0.248 e. The molecule has 1 aromatic heterocycles. The lowest BCUT2D eigenvalue weighted by Gasteiger charge is -2.28. The summed E-state index contributed by atoms with van der Waals surface area (Å²) in [5.41, 5.74) is 2.86. The number of carbonyl (C=O) groups is 1. The quantitative estimate of drug-likeness (QED) is 0.401. The second kappa shape index (κ2) is 10.8. The Hall–Kier alpha value is -3.36. The van der Waals surface area contributed by atoms with Crippen LogP contribution in [0.15, 0.2) is 82.9 Å². The van der Waals surface area contributed by atoms with Crippen LogP contribution in [0.3, 0.4) is 0 Å². The van der Waals surface area contributed by atoms with Crippen LogP contribution in [0.1, 0.15) is 6.92 Å². The normalized spacial score (nSPS) is 13.8. The van der Waals surface area contributed by atoms with Gasteiger partial charge in [0.1, 0.15) is 5.03 Å². The molecule has 1 aliphatic rings. The van der Waals surface area contributed by atoms with E-state index in [9.17, 15) is 4.79 Å². The van der Waals surface area contributed by atoms with Crippen LogP contribution in [-0.2, 0) is 9.53 Å². The van der Waals surface area contributed by atoms with Gasteiger partial charge in [-0.05, 0) is 61.5 Å². The molecule has 4 rings (SSSR count). The monoisotopic (exact) mass is 447 g/mol. The summed E-state index contributed by atoms with van der Waals surface area (Å²) in [7, 11) is 0. The number of aromatic nitrogens is 2. The second-order valence-corrected chi connectivity index (χ2v) is 8.20. The minimum Gasteiger partial charge on any atom is -0.378 e. The highest BCUT2D eigenvalue weighted by atomic mass is 32.2. The van der Waals surface area contributed by atoms with Crippen LogP contribution in [0.5, 0.6) is 0 Å². The van der Waals surface area contributed by atoms with E-state index in [4.69, 9.17) is 4.74 Å². The minimum absolute atomic E-state index is 0.150. The molecule has 1 amide bonds. The Labute approximate surface area is 191 Å². The molecule has 7 nitrogen and oxygen atoms in total. The van der Waals surface area contributed by atoms with E-state index in [1.165, 1.54) is 23.5 Å². The van der Waals surface area contributed by atoms with Gasteiger partial charge in [-0.1, -0.05) is 23.9 Å². The summed E-state index contributed by atoms with van der Waals surface area (Å²) >= 11 is 1.51. The molecule has 164 valence electrons. The van der Waals surface area contributed by atoms with E-state index >= 15 is 0 Å². The Bertz CT molecular complexity index is 1080. The molecule has 0 bridgehead atoms. The summed E-state index contributed by atoms with van der Waals surface area (Å²) in [4.78, 5) is 24.0. The molecule has 1 fully saturated rings. The molecule has 0 saturated carbocycles. The molecule has 3 aromatic rings. The zero-order valence-corrected chi connectivity index (χ0v) is 18.6. The number of anilines is 4. The topological polar surface area (TPSA) is 79.4 Å². The summed E-state index contributed by atoms with van der Waals surface area (Å²) in [6.07, 6.45) is 4.94. The Morgan fingerprint density at radius 1 is 1.09 bits per heavy atom. The van der Waals surface area contributed by atoms with Gasteiger partial charge in [0.05, 0.1) is 13.2 Å². The van der Waals surface area contributed by atoms with Crippen molar-refractivity contribution in [3.8, 4) is 0 Å². The Morgan fingerprint density at radius 2 is 1.91 bits per heavy atom. The predicted molar refractivity (Wildman–Crippen MR) is 129 cm³/mol. The standard InChI is InChI=1S/C24H25N5O2S/c1-2-4-22(30)26-19-5-3-6-21(17-19)32-23-11-12-25-24(28-23)27-18-7-9-20(10-8-18)29-13-15-31-16-14-29/h2-12,17H,13-16H2,1H3,(H,26,30)(H,25,27,28)/b4-2-. The van der Waals surface area contributed by atoms with Crippen molar-refractivity contribution in [2.45, 2.75) is 16.8 Å². The molecule has 8 heteroatoms. The van der Waals surface area contributed by atoms with E-state index in [1.807, 2.05) is 49.4 Å². The summed E-state index contributed by atoms with van der Waals surface area (Å²) in [5.74, 6) is 0.384. The Balaban J connectivity index is 1.40. The van der Waals surface area contributed by atoms with Crippen LogP contribution in [-0.4, -0.2) is 42.2 Å². The van der Waals surface area contributed by atoms with E-state index in [0.29, 0.717) is 5.95 Å². The zero-order chi connectivity index (χ0) is 22.2. The number of carbonyl (C=O) groups excluding carboxylic acids is 1. The number of morpholine rings is 1. The van der Waals surface area contributed by atoms with Gasteiger partial charge in [-0.2, -0.15) is 0 Å². The van der Waals surface area contributed by atoms with Gasteiger partial charge in [0.25, 0.3) is 0 Å². The molecule has 2 N–H and O–H groups in total. The number of hydrogen-bond acceptors (Lipinski definition) is 7. The Kier molecular flexibility index (Phi) is 7.37. The van der Waals surface area contributed by atoms with E-state index in [-0.39, 0.29) is 5.91 Å². The number of rotatable bonds is 7. The largest absolute Gasteiger partial charge is 0.378 e. The highest BCUT2D eigenvalue weighted by Gasteiger charge is 2.11. The molecule has 0 radical (unpaired) electrons. The third-order valence-electron chi connectivity index (χ3n) is 4.77. The fraction of sp³-hybridized carbons (Fsp3) is 0.208. The summed E-state index contributed by atoms with van der Waals surface area (Å²) in [6, 6.07) is 17.8. The number of nitrogens with one attached hydrogen (secondary N) is 2. The van der Waals surface area contributed by atoms with Gasteiger partial charge in [-0.25, -0.2) is 9.97 Å². The van der Waals surface area contributed by atoms with Crippen molar-refractivity contribution in [1.29, 1.82) is 0 Å². The molecule has 0 unspecified atom stereocenters. The maximum Gasteiger partial charge on any atom is 0.248 e. The summed E-state index contributed by atoms with van der Waals surface area (Å²) in [5, 5.41) is 6.92. The van der Waals surface area contributed by atoms with Gasteiger partial charge in [-0.3, -0.25) is 4.79 Å². The van der Waals surface area contributed by atoms with E-state index < -0.39 is 0 Å². The first-order valence-electron chi connectivity index (χ1n) is 10.4. The lowest BCUT2D eigenvalue weighted by molar-refractivity contribution is -0.111. The zero-order valence-electron chi connectivity index (χ0n) is 17.8. The van der Waals surface area contributed by atoms with E-state index in [1.54, 1.807) is 12.3 Å². The lowest BCUT2D eigenvalue weighted by Crippen LogP contribution is -2.36. The third kappa shape index (κ3) is 6.09. The van der Waals surface area contributed by atoms with E-state index in [2.05, 4.69) is 37.6 Å². The summed E-state index contributed by atoms with van der Waals surface area (Å²) in [6.45, 7) is 5.17. The molecular formula is C24H25N5O2S. The number of hydrogen-bond donors (Lipinski definition) is 2. The maximum atomic E-state index is 11.8. The summed E-state index contributed by atoms with van der Waals surface area (Å²) < 4.78 is 5.42. The van der Waals surface area contributed by atoms with Gasteiger partial charge >= 0.3 is 0 Å². The molecule has 0 aliphatic carbocycles. The SMILES string of the molecule is C/C=C\C(=O)Nc1cccc(Sc2ccnc(Nc3ccc(N4CCOCC4)cc3)n2)c1. The number of allylic oxidation sites excluding steroid dienone is 1. The van der Waals surface area contributed by atoms with Gasteiger partial charge < -0.3 is 20.3 Å². The molecular weight excluding hydrogens is 422 g/mol. The Morgan fingerprint density at radius 3 is 2.69 bits per heavy atom. The second-order valence-electron chi connectivity index (χ2n) is 7.11. The van der Waals surface area contributed by atoms with Crippen molar-refractivity contribution >= 4 is 40.7 Å². The van der Waals surface area contributed by atoms with Gasteiger partial charge in [0, 0.05) is 41.2 Å². The number of amides is 1. The average molecular weight is 448 g/mol. The van der Waals surface area contributed by atoms with Crippen molar-refractivity contribution in [3.63, 3.8) is 0 Å². The van der Waals surface area contributed by atoms with Crippen molar-refractivity contribution < 1.29 is 9.53 Å². The van der Waals surface area contributed by atoms with Gasteiger partial charge in [0.2, 0.25) is 11.9 Å². The van der Waals surface area contributed by atoms with E-state index in [0.717, 1.165) is 47.6 Å². The fourth-order valence-corrected chi connectivity index (χ4v) is 4.09. The third-order valence-corrected chi connectivity index (χ3v) is 5.70. The molecule has 32 heavy (non-hydrogen) atoms. The van der Waals surface area contributed by atoms with Crippen molar-refractivity contribution in [2.75, 3.05) is 41.8 Å². The maximum absolute atomic E-state index is 11.8. The van der Waals surface area contributed by atoms with Crippen LogP contribution in [0.25, 0.3) is 0 Å². The molecule has 0 atom stereocenters. The molecule has 0 spiro atoms. The molecule has 2 heterocycles. The first kappa shape index (κ1) is 21.9. The molecule has 1 aliphatic heterocycles. The minimum atomic E-state index is -0.150.